The fourth-order valence-corrected chi connectivity index (χ4v) is 5.22. The van der Waals surface area contributed by atoms with Crippen LogP contribution in [0.3, 0.4) is 0 Å². The van der Waals surface area contributed by atoms with Gasteiger partial charge in [0.15, 0.2) is 0 Å². The topological polar surface area (TPSA) is 72.6 Å². The van der Waals surface area contributed by atoms with Crippen molar-refractivity contribution in [3.63, 3.8) is 0 Å². The second-order valence-corrected chi connectivity index (χ2v) is 9.77. The molecule has 0 unspecified atom stereocenters. The summed E-state index contributed by atoms with van der Waals surface area (Å²) in [5.41, 5.74) is 7.78. The van der Waals surface area contributed by atoms with E-state index in [-0.39, 0.29) is 17.9 Å². The first-order chi connectivity index (χ1) is 14.2. The SMILES string of the molecule is COC(=O)c1sc(-c2ccc(N)c(Cl)c2)cc1N(C(=O)[C@H]1CC[C@H](C)CC1)C(C)C. The summed E-state index contributed by atoms with van der Waals surface area (Å²) in [5.74, 6) is 0.291. The lowest BCUT2D eigenvalue weighted by atomic mass is 9.82. The van der Waals surface area contributed by atoms with Crippen molar-refractivity contribution >= 4 is 46.2 Å². The zero-order valence-corrected chi connectivity index (χ0v) is 19.5. The Labute approximate surface area is 187 Å². The number of carbonyl (C=O) groups is 2. The highest BCUT2D eigenvalue weighted by molar-refractivity contribution is 7.18. The van der Waals surface area contributed by atoms with Crippen LogP contribution in [0.15, 0.2) is 24.3 Å². The van der Waals surface area contributed by atoms with E-state index in [0.717, 1.165) is 36.1 Å². The quantitative estimate of drug-likeness (QED) is 0.449. The van der Waals surface area contributed by atoms with Crippen molar-refractivity contribution in [2.24, 2.45) is 11.8 Å². The van der Waals surface area contributed by atoms with Crippen molar-refractivity contribution in [3.05, 3.63) is 34.2 Å². The minimum atomic E-state index is -0.446. The first kappa shape index (κ1) is 22.6. The van der Waals surface area contributed by atoms with E-state index in [1.54, 1.807) is 17.0 Å². The second kappa shape index (κ2) is 9.40. The molecule has 2 aromatic rings. The maximum absolute atomic E-state index is 13.5. The molecule has 30 heavy (non-hydrogen) atoms. The second-order valence-electron chi connectivity index (χ2n) is 8.31. The summed E-state index contributed by atoms with van der Waals surface area (Å²) in [6.45, 7) is 6.18. The molecule has 5 nitrogen and oxygen atoms in total. The van der Waals surface area contributed by atoms with Crippen LogP contribution >= 0.6 is 22.9 Å². The molecule has 1 amide bonds. The number of nitrogens with zero attached hydrogens (tertiary/aromatic N) is 1. The predicted molar refractivity (Wildman–Crippen MR) is 124 cm³/mol. The van der Waals surface area contributed by atoms with Gasteiger partial charge in [0.05, 0.1) is 23.5 Å². The van der Waals surface area contributed by atoms with Crippen molar-refractivity contribution in [1.82, 2.24) is 0 Å². The Morgan fingerprint density at radius 1 is 1.20 bits per heavy atom. The Morgan fingerprint density at radius 3 is 2.43 bits per heavy atom. The molecule has 2 N–H and O–H groups in total. The van der Waals surface area contributed by atoms with Crippen molar-refractivity contribution < 1.29 is 14.3 Å². The highest BCUT2D eigenvalue weighted by atomic mass is 35.5. The fraction of sp³-hybridized carbons (Fsp3) is 0.478. The number of hydrogen-bond acceptors (Lipinski definition) is 5. The molecule has 1 aromatic carbocycles. The molecule has 162 valence electrons. The smallest absolute Gasteiger partial charge is 0.350 e. The summed E-state index contributed by atoms with van der Waals surface area (Å²) in [7, 11) is 1.36. The van der Waals surface area contributed by atoms with Crippen LogP contribution in [0.25, 0.3) is 10.4 Å². The Kier molecular flexibility index (Phi) is 7.09. The number of carbonyl (C=O) groups excluding carboxylic acids is 2. The van der Waals surface area contributed by atoms with E-state index in [1.807, 2.05) is 26.0 Å². The van der Waals surface area contributed by atoms with Crippen molar-refractivity contribution in [2.75, 3.05) is 17.7 Å². The Hall–Kier alpha value is -2.05. The van der Waals surface area contributed by atoms with Gasteiger partial charge in [-0.2, -0.15) is 0 Å². The highest BCUT2D eigenvalue weighted by Crippen LogP contribution is 2.41. The molecule has 3 rings (SSSR count). The number of nitrogen functional groups attached to an aromatic ring is 1. The average molecular weight is 449 g/mol. The number of ether oxygens (including phenoxy) is 1. The number of benzene rings is 1. The zero-order chi connectivity index (χ0) is 22.0. The number of amides is 1. The average Bonchev–Trinajstić information content (AvgIpc) is 3.14. The van der Waals surface area contributed by atoms with Crippen LogP contribution in [0.4, 0.5) is 11.4 Å². The van der Waals surface area contributed by atoms with Gasteiger partial charge in [0, 0.05) is 16.8 Å². The van der Waals surface area contributed by atoms with Crippen LogP contribution in [0.2, 0.25) is 5.02 Å². The number of thiophene rings is 1. The first-order valence-electron chi connectivity index (χ1n) is 10.3. The summed E-state index contributed by atoms with van der Waals surface area (Å²) in [6, 6.07) is 7.18. The van der Waals surface area contributed by atoms with Crippen molar-refractivity contribution in [2.45, 2.75) is 52.5 Å². The van der Waals surface area contributed by atoms with Gasteiger partial charge in [-0.3, -0.25) is 4.79 Å². The maximum Gasteiger partial charge on any atom is 0.350 e. The zero-order valence-electron chi connectivity index (χ0n) is 17.9. The molecule has 0 aliphatic heterocycles. The summed E-state index contributed by atoms with van der Waals surface area (Å²) in [6.07, 6.45) is 3.90. The van der Waals surface area contributed by atoms with Crippen molar-refractivity contribution in [3.8, 4) is 10.4 Å². The van der Waals surface area contributed by atoms with Gasteiger partial charge in [0.25, 0.3) is 0 Å². The Balaban J connectivity index is 2.03. The standard InChI is InChI=1S/C23H29ClN2O3S/c1-13(2)26(22(27)15-7-5-14(3)6-8-15)19-12-20(30-21(19)23(28)29-4)16-9-10-18(25)17(24)11-16/h9-15H,5-8,25H2,1-4H3/t14-,15-. The molecule has 1 fully saturated rings. The maximum atomic E-state index is 13.5. The van der Waals surface area contributed by atoms with Crippen LogP contribution in [0.5, 0.6) is 0 Å². The van der Waals surface area contributed by atoms with Crippen LogP contribution in [0, 0.1) is 11.8 Å². The summed E-state index contributed by atoms with van der Waals surface area (Å²) < 4.78 is 5.03. The van der Waals surface area contributed by atoms with Crippen molar-refractivity contribution in [1.29, 1.82) is 0 Å². The molecule has 1 aliphatic rings. The lowest BCUT2D eigenvalue weighted by Gasteiger charge is -2.33. The Morgan fingerprint density at radius 2 is 1.87 bits per heavy atom. The molecule has 1 aliphatic carbocycles. The van der Waals surface area contributed by atoms with E-state index in [1.165, 1.54) is 18.4 Å². The van der Waals surface area contributed by atoms with Crippen LogP contribution in [-0.2, 0) is 9.53 Å². The van der Waals surface area contributed by atoms with Crippen LogP contribution in [-0.4, -0.2) is 25.0 Å². The molecule has 0 bridgehead atoms. The number of anilines is 2. The minimum Gasteiger partial charge on any atom is -0.465 e. The van der Waals surface area contributed by atoms with E-state index in [4.69, 9.17) is 22.1 Å². The summed E-state index contributed by atoms with van der Waals surface area (Å²) in [5, 5.41) is 0.454. The van der Waals surface area contributed by atoms with Gasteiger partial charge in [0.2, 0.25) is 5.91 Å². The number of hydrogen-bond donors (Lipinski definition) is 1. The van der Waals surface area contributed by atoms with Gasteiger partial charge >= 0.3 is 5.97 Å². The third-order valence-corrected chi connectivity index (χ3v) is 7.23. The molecular weight excluding hydrogens is 420 g/mol. The molecular formula is C23H29ClN2O3S. The number of methoxy groups -OCH3 is 1. The number of rotatable bonds is 5. The molecule has 1 saturated carbocycles. The van der Waals surface area contributed by atoms with Crippen LogP contribution < -0.4 is 10.6 Å². The Bertz CT molecular complexity index is 933. The lowest BCUT2D eigenvalue weighted by Crippen LogP contribution is -2.42. The van der Waals surface area contributed by atoms with E-state index < -0.39 is 5.97 Å². The number of esters is 1. The molecule has 0 radical (unpaired) electrons. The monoisotopic (exact) mass is 448 g/mol. The summed E-state index contributed by atoms with van der Waals surface area (Å²) in [4.78, 5) is 29.1. The normalized spacial score (nSPS) is 19.0. The molecule has 7 heteroatoms. The first-order valence-corrected chi connectivity index (χ1v) is 11.5. The van der Waals surface area contributed by atoms with E-state index >= 15 is 0 Å². The highest BCUT2D eigenvalue weighted by Gasteiger charge is 2.33. The molecule has 1 heterocycles. The largest absolute Gasteiger partial charge is 0.465 e. The predicted octanol–water partition coefficient (Wildman–Crippen LogP) is 6.01. The van der Waals surface area contributed by atoms with Gasteiger partial charge in [-0.05, 0) is 69.2 Å². The molecule has 1 aromatic heterocycles. The fourth-order valence-electron chi connectivity index (χ4n) is 3.98. The van der Waals surface area contributed by atoms with E-state index in [0.29, 0.717) is 27.2 Å². The third kappa shape index (κ3) is 4.65. The minimum absolute atomic E-state index is 0.0107. The lowest BCUT2D eigenvalue weighted by molar-refractivity contribution is -0.123. The molecule has 0 atom stereocenters. The van der Waals surface area contributed by atoms with E-state index in [9.17, 15) is 9.59 Å². The number of nitrogens with two attached hydrogens (primary N) is 1. The summed E-state index contributed by atoms with van der Waals surface area (Å²) >= 11 is 7.50. The van der Waals surface area contributed by atoms with Gasteiger partial charge in [-0.25, -0.2) is 4.79 Å². The van der Waals surface area contributed by atoms with Gasteiger partial charge in [-0.15, -0.1) is 11.3 Å². The van der Waals surface area contributed by atoms with Crippen LogP contribution in [0.1, 0.15) is 56.1 Å². The molecule has 0 spiro atoms. The van der Waals surface area contributed by atoms with Gasteiger partial charge in [-0.1, -0.05) is 24.6 Å². The van der Waals surface area contributed by atoms with Gasteiger partial charge < -0.3 is 15.4 Å². The van der Waals surface area contributed by atoms with E-state index in [2.05, 4.69) is 6.92 Å². The third-order valence-electron chi connectivity index (χ3n) is 5.75. The van der Waals surface area contributed by atoms with Gasteiger partial charge in [0.1, 0.15) is 4.88 Å². The molecule has 0 saturated heterocycles. The number of halogens is 1.